The third-order valence-corrected chi connectivity index (χ3v) is 3.13. The van der Waals surface area contributed by atoms with E-state index in [0.717, 1.165) is 39.5 Å². The van der Waals surface area contributed by atoms with Crippen LogP contribution in [-0.4, -0.2) is 16.5 Å². The van der Waals surface area contributed by atoms with Crippen LogP contribution in [0.5, 0.6) is 0 Å². The number of rotatable bonds is 3. The maximum Gasteiger partial charge on any atom is 0.162 e. The van der Waals surface area contributed by atoms with Crippen LogP contribution in [0, 0.1) is 13.8 Å². The first kappa shape index (κ1) is 13.0. The fourth-order valence-electron chi connectivity index (χ4n) is 1.84. The molecular weight excluding hydrogens is 290 g/mol. The second-order valence-electron chi connectivity index (χ2n) is 4.21. The molecule has 0 atom stereocenters. The Labute approximate surface area is 116 Å². The van der Waals surface area contributed by atoms with Gasteiger partial charge in [0.15, 0.2) is 5.82 Å². The Morgan fingerprint density at radius 3 is 2.61 bits per heavy atom. The van der Waals surface area contributed by atoms with Gasteiger partial charge in [0, 0.05) is 28.3 Å². The highest BCUT2D eigenvalue weighted by atomic mass is 79.9. The Kier molecular flexibility index (Phi) is 3.97. The molecule has 0 aliphatic carbocycles. The van der Waals surface area contributed by atoms with E-state index in [0.29, 0.717) is 0 Å². The van der Waals surface area contributed by atoms with Crippen molar-refractivity contribution in [3.8, 4) is 11.4 Å². The molecule has 0 fully saturated rings. The van der Waals surface area contributed by atoms with E-state index in [4.69, 9.17) is 0 Å². The molecule has 0 spiro atoms. The monoisotopic (exact) mass is 305 g/mol. The lowest BCUT2D eigenvalue weighted by molar-refractivity contribution is 1.08. The maximum atomic E-state index is 4.55. The molecule has 0 unspecified atom stereocenters. The number of halogens is 1. The summed E-state index contributed by atoms with van der Waals surface area (Å²) in [5, 5.41) is 3.23. The van der Waals surface area contributed by atoms with Crippen LogP contribution in [0.3, 0.4) is 0 Å². The summed E-state index contributed by atoms with van der Waals surface area (Å²) < 4.78 is 1.07. The van der Waals surface area contributed by atoms with Crippen molar-refractivity contribution in [2.75, 3.05) is 11.9 Å². The summed E-state index contributed by atoms with van der Waals surface area (Å²) in [5.41, 5.74) is 3.21. The quantitative estimate of drug-likeness (QED) is 0.933. The average Bonchev–Trinajstić information content (AvgIpc) is 2.28. The van der Waals surface area contributed by atoms with Gasteiger partial charge < -0.3 is 5.32 Å². The van der Waals surface area contributed by atoms with Crippen LogP contribution < -0.4 is 5.32 Å². The minimum Gasteiger partial charge on any atom is -0.370 e. The minimum atomic E-state index is 0.774. The molecule has 0 aliphatic heterocycles. The number of aryl methyl sites for hydroxylation is 2. The number of anilines is 1. The van der Waals surface area contributed by atoms with E-state index in [9.17, 15) is 0 Å². The van der Waals surface area contributed by atoms with Crippen molar-refractivity contribution in [3.05, 3.63) is 40.0 Å². The second-order valence-corrected chi connectivity index (χ2v) is 5.12. The molecule has 0 bridgehead atoms. The number of nitrogens with one attached hydrogen (secondary N) is 1. The molecule has 1 heterocycles. The molecular formula is C14H16BrN3. The van der Waals surface area contributed by atoms with E-state index in [2.05, 4.69) is 51.1 Å². The van der Waals surface area contributed by atoms with Crippen molar-refractivity contribution < 1.29 is 0 Å². The van der Waals surface area contributed by atoms with E-state index < -0.39 is 0 Å². The molecule has 0 aliphatic rings. The molecule has 0 amide bonds. The van der Waals surface area contributed by atoms with Crippen molar-refractivity contribution >= 4 is 21.7 Å². The van der Waals surface area contributed by atoms with Gasteiger partial charge in [-0.2, -0.15) is 0 Å². The van der Waals surface area contributed by atoms with Crippen LogP contribution in [0.1, 0.15) is 18.2 Å². The Morgan fingerprint density at radius 2 is 1.94 bits per heavy atom. The molecule has 18 heavy (non-hydrogen) atoms. The molecule has 0 radical (unpaired) electrons. The number of hydrogen-bond donors (Lipinski definition) is 1. The highest BCUT2D eigenvalue weighted by Gasteiger charge is 2.07. The Bertz CT molecular complexity index is 567. The van der Waals surface area contributed by atoms with Gasteiger partial charge in [-0.15, -0.1) is 0 Å². The van der Waals surface area contributed by atoms with E-state index >= 15 is 0 Å². The van der Waals surface area contributed by atoms with Crippen LogP contribution in [-0.2, 0) is 0 Å². The van der Waals surface area contributed by atoms with Gasteiger partial charge in [-0.3, -0.25) is 0 Å². The maximum absolute atomic E-state index is 4.55. The van der Waals surface area contributed by atoms with Crippen LogP contribution >= 0.6 is 15.9 Å². The summed E-state index contributed by atoms with van der Waals surface area (Å²) in [6, 6.07) is 8.10. The van der Waals surface area contributed by atoms with Crippen molar-refractivity contribution in [2.24, 2.45) is 0 Å². The zero-order chi connectivity index (χ0) is 13.1. The zero-order valence-corrected chi connectivity index (χ0v) is 12.4. The zero-order valence-electron chi connectivity index (χ0n) is 10.8. The molecule has 1 aromatic carbocycles. The van der Waals surface area contributed by atoms with E-state index in [1.165, 1.54) is 0 Å². The van der Waals surface area contributed by atoms with Crippen LogP contribution in [0.15, 0.2) is 28.7 Å². The Balaban J connectivity index is 2.49. The molecule has 0 saturated heterocycles. The predicted molar refractivity (Wildman–Crippen MR) is 78.8 cm³/mol. The number of hydrogen-bond acceptors (Lipinski definition) is 3. The highest BCUT2D eigenvalue weighted by Crippen LogP contribution is 2.24. The summed E-state index contributed by atoms with van der Waals surface area (Å²) in [6.45, 7) is 6.97. The molecule has 4 heteroatoms. The Morgan fingerprint density at radius 1 is 1.17 bits per heavy atom. The van der Waals surface area contributed by atoms with Gasteiger partial charge in [0.1, 0.15) is 5.82 Å². The van der Waals surface area contributed by atoms with Crippen molar-refractivity contribution in [1.29, 1.82) is 0 Å². The molecule has 0 saturated carbocycles. The molecule has 1 N–H and O–H groups in total. The molecule has 2 aromatic rings. The largest absolute Gasteiger partial charge is 0.370 e. The average molecular weight is 306 g/mol. The Hall–Kier alpha value is -1.42. The lowest BCUT2D eigenvalue weighted by Gasteiger charge is -2.09. The second kappa shape index (κ2) is 5.48. The molecule has 3 nitrogen and oxygen atoms in total. The van der Waals surface area contributed by atoms with Gasteiger partial charge in [0.05, 0.1) is 0 Å². The van der Waals surface area contributed by atoms with Crippen molar-refractivity contribution in [2.45, 2.75) is 20.8 Å². The topological polar surface area (TPSA) is 37.8 Å². The SMILES string of the molecule is CCNc1cc(C)nc(-c2ccc(Br)cc2C)n1. The highest BCUT2D eigenvalue weighted by molar-refractivity contribution is 9.10. The minimum absolute atomic E-state index is 0.774. The summed E-state index contributed by atoms with van der Waals surface area (Å²) in [5.74, 6) is 1.65. The van der Waals surface area contributed by atoms with Gasteiger partial charge in [0.2, 0.25) is 0 Å². The number of aromatic nitrogens is 2. The first-order valence-corrected chi connectivity index (χ1v) is 6.75. The van der Waals surface area contributed by atoms with Gasteiger partial charge in [-0.1, -0.05) is 15.9 Å². The van der Waals surface area contributed by atoms with Gasteiger partial charge in [-0.05, 0) is 44.5 Å². The molecule has 1 aromatic heterocycles. The van der Waals surface area contributed by atoms with Gasteiger partial charge in [0.25, 0.3) is 0 Å². The van der Waals surface area contributed by atoms with Crippen molar-refractivity contribution in [1.82, 2.24) is 9.97 Å². The fourth-order valence-corrected chi connectivity index (χ4v) is 2.31. The third kappa shape index (κ3) is 2.88. The molecule has 2 rings (SSSR count). The number of benzene rings is 1. The summed E-state index contributed by atoms with van der Waals surface area (Å²) in [6.07, 6.45) is 0. The summed E-state index contributed by atoms with van der Waals surface area (Å²) in [4.78, 5) is 9.06. The van der Waals surface area contributed by atoms with E-state index in [1.54, 1.807) is 0 Å². The van der Waals surface area contributed by atoms with Crippen LogP contribution in [0.4, 0.5) is 5.82 Å². The lowest BCUT2D eigenvalue weighted by Crippen LogP contribution is -2.03. The third-order valence-electron chi connectivity index (χ3n) is 2.64. The summed E-state index contributed by atoms with van der Waals surface area (Å²) >= 11 is 3.47. The summed E-state index contributed by atoms with van der Waals surface area (Å²) in [7, 11) is 0. The number of nitrogens with zero attached hydrogens (tertiary/aromatic N) is 2. The first-order valence-electron chi connectivity index (χ1n) is 5.96. The van der Waals surface area contributed by atoms with E-state index in [1.807, 2.05) is 25.1 Å². The fraction of sp³-hybridized carbons (Fsp3) is 0.286. The molecule has 94 valence electrons. The van der Waals surface area contributed by atoms with Crippen molar-refractivity contribution in [3.63, 3.8) is 0 Å². The normalized spacial score (nSPS) is 10.4. The van der Waals surface area contributed by atoms with Crippen LogP contribution in [0.2, 0.25) is 0 Å². The van der Waals surface area contributed by atoms with E-state index in [-0.39, 0.29) is 0 Å². The van der Waals surface area contributed by atoms with Gasteiger partial charge >= 0.3 is 0 Å². The predicted octanol–water partition coefficient (Wildman–Crippen LogP) is 3.95. The van der Waals surface area contributed by atoms with Crippen LogP contribution in [0.25, 0.3) is 11.4 Å². The lowest BCUT2D eigenvalue weighted by atomic mass is 10.1. The standard InChI is InChI=1S/C14H16BrN3/c1-4-16-13-8-10(3)17-14(18-13)12-6-5-11(15)7-9(12)2/h5-8H,4H2,1-3H3,(H,16,17,18). The smallest absolute Gasteiger partial charge is 0.162 e. The van der Waals surface area contributed by atoms with Gasteiger partial charge in [-0.25, -0.2) is 9.97 Å². The first-order chi connectivity index (χ1) is 8.60.